The van der Waals surface area contributed by atoms with E-state index in [9.17, 15) is 14.0 Å². The van der Waals surface area contributed by atoms with Crippen molar-refractivity contribution in [1.82, 2.24) is 0 Å². The summed E-state index contributed by atoms with van der Waals surface area (Å²) >= 11 is 0. The number of ether oxygens (including phenoxy) is 2. The molecule has 1 heterocycles. The van der Waals surface area contributed by atoms with Crippen LogP contribution in [-0.4, -0.2) is 32.6 Å². The van der Waals surface area contributed by atoms with Crippen LogP contribution in [0.15, 0.2) is 30.3 Å². The fourth-order valence-electron chi connectivity index (χ4n) is 3.30. The minimum absolute atomic E-state index is 0.0332. The van der Waals surface area contributed by atoms with Crippen molar-refractivity contribution in [1.29, 1.82) is 0 Å². The maximum Gasteiger partial charge on any atom is 0.229 e. The number of carbonyl (C=O) groups is 2. The number of hydrogen-bond acceptors (Lipinski definition) is 4. The highest BCUT2D eigenvalue weighted by atomic mass is 19.1. The van der Waals surface area contributed by atoms with Gasteiger partial charge in [-0.05, 0) is 43.2 Å². The summed E-state index contributed by atoms with van der Waals surface area (Å²) in [6.45, 7) is 3.75. The summed E-state index contributed by atoms with van der Waals surface area (Å²) in [5.74, 6) is -0.541. The Labute approximate surface area is 163 Å². The Kier molecular flexibility index (Phi) is 5.53. The minimum atomic E-state index is -0.569. The van der Waals surface area contributed by atoms with Crippen LogP contribution < -0.4 is 19.7 Å². The van der Waals surface area contributed by atoms with Crippen LogP contribution in [0.2, 0.25) is 0 Å². The van der Waals surface area contributed by atoms with E-state index in [1.807, 2.05) is 6.92 Å². The zero-order valence-corrected chi connectivity index (χ0v) is 16.3. The predicted molar refractivity (Wildman–Crippen MR) is 105 cm³/mol. The molecule has 2 amide bonds. The van der Waals surface area contributed by atoms with E-state index in [4.69, 9.17) is 9.47 Å². The van der Waals surface area contributed by atoms with Gasteiger partial charge >= 0.3 is 0 Å². The number of hydrogen-bond donors (Lipinski definition) is 1. The van der Waals surface area contributed by atoms with Gasteiger partial charge in [0.15, 0.2) is 11.5 Å². The number of nitrogens with zero attached hydrogens (tertiary/aromatic N) is 1. The molecule has 148 valence electrons. The molecule has 0 radical (unpaired) electrons. The molecule has 3 rings (SSSR count). The van der Waals surface area contributed by atoms with Crippen molar-refractivity contribution in [3.8, 4) is 11.5 Å². The Morgan fingerprint density at radius 2 is 1.82 bits per heavy atom. The summed E-state index contributed by atoms with van der Waals surface area (Å²) in [5, 5.41) is 2.85. The van der Waals surface area contributed by atoms with Crippen LogP contribution in [0.4, 0.5) is 15.8 Å². The molecule has 7 heteroatoms. The summed E-state index contributed by atoms with van der Waals surface area (Å²) in [6, 6.07) is 8.14. The Morgan fingerprint density at radius 1 is 1.14 bits per heavy atom. The first-order valence-corrected chi connectivity index (χ1v) is 8.94. The Hall–Kier alpha value is -3.09. The van der Waals surface area contributed by atoms with Gasteiger partial charge in [0.05, 0.1) is 25.8 Å². The number of amides is 2. The van der Waals surface area contributed by atoms with Gasteiger partial charge in [-0.3, -0.25) is 9.59 Å². The third-order valence-corrected chi connectivity index (χ3v) is 4.88. The van der Waals surface area contributed by atoms with Crippen molar-refractivity contribution >= 4 is 23.2 Å². The second-order valence-corrected chi connectivity index (χ2v) is 6.87. The van der Waals surface area contributed by atoms with E-state index in [-0.39, 0.29) is 30.5 Å². The van der Waals surface area contributed by atoms with Crippen LogP contribution in [0, 0.1) is 25.6 Å². The molecule has 0 saturated carbocycles. The molecule has 1 aliphatic heterocycles. The van der Waals surface area contributed by atoms with Crippen LogP contribution in [0.1, 0.15) is 17.5 Å². The highest BCUT2D eigenvalue weighted by Gasteiger charge is 2.36. The maximum atomic E-state index is 14.2. The molecule has 1 aliphatic rings. The SMILES string of the molecule is COc1cc(C)c(NC(=O)C2CC(=O)N(c3ccc(C)cc3F)C2)cc1OC. The van der Waals surface area contributed by atoms with Crippen LogP contribution >= 0.6 is 0 Å². The molecule has 2 aromatic rings. The first-order valence-electron chi connectivity index (χ1n) is 8.94. The molecule has 1 atom stereocenters. The summed E-state index contributed by atoms with van der Waals surface area (Å²) in [7, 11) is 3.06. The largest absolute Gasteiger partial charge is 0.493 e. The normalized spacial score (nSPS) is 16.2. The highest BCUT2D eigenvalue weighted by Crippen LogP contribution is 2.34. The zero-order chi connectivity index (χ0) is 20.4. The Morgan fingerprint density at radius 3 is 2.46 bits per heavy atom. The van der Waals surface area contributed by atoms with E-state index in [1.54, 1.807) is 38.3 Å². The van der Waals surface area contributed by atoms with Crippen LogP contribution in [0.3, 0.4) is 0 Å². The van der Waals surface area contributed by atoms with E-state index in [2.05, 4.69) is 5.32 Å². The number of aryl methyl sites for hydroxylation is 2. The molecule has 0 aromatic heterocycles. The van der Waals surface area contributed by atoms with Gasteiger partial charge in [0.25, 0.3) is 0 Å². The molecule has 6 nitrogen and oxygen atoms in total. The topological polar surface area (TPSA) is 67.9 Å². The lowest BCUT2D eigenvalue weighted by Crippen LogP contribution is -2.28. The lowest BCUT2D eigenvalue weighted by molar-refractivity contribution is -0.122. The average molecular weight is 386 g/mol. The van der Waals surface area contributed by atoms with E-state index in [0.29, 0.717) is 17.2 Å². The fraction of sp³-hybridized carbons (Fsp3) is 0.333. The number of methoxy groups -OCH3 is 2. The molecular formula is C21H23FN2O4. The van der Waals surface area contributed by atoms with Gasteiger partial charge in [0, 0.05) is 24.7 Å². The van der Waals surface area contributed by atoms with Crippen LogP contribution in [-0.2, 0) is 9.59 Å². The van der Waals surface area contributed by atoms with Crippen molar-refractivity contribution in [2.24, 2.45) is 5.92 Å². The molecule has 0 spiro atoms. The number of nitrogens with one attached hydrogen (secondary N) is 1. The first-order chi connectivity index (χ1) is 13.3. The summed E-state index contributed by atoms with van der Waals surface area (Å²) < 4.78 is 24.8. The van der Waals surface area contributed by atoms with E-state index in [0.717, 1.165) is 11.1 Å². The van der Waals surface area contributed by atoms with Crippen molar-refractivity contribution in [2.45, 2.75) is 20.3 Å². The third-order valence-electron chi connectivity index (χ3n) is 4.88. The molecule has 28 heavy (non-hydrogen) atoms. The zero-order valence-electron chi connectivity index (χ0n) is 16.3. The van der Waals surface area contributed by atoms with Gasteiger partial charge in [-0.15, -0.1) is 0 Å². The van der Waals surface area contributed by atoms with Crippen molar-refractivity contribution in [3.05, 3.63) is 47.3 Å². The lowest BCUT2D eigenvalue weighted by Gasteiger charge is -2.18. The van der Waals surface area contributed by atoms with E-state index in [1.165, 1.54) is 18.1 Å². The van der Waals surface area contributed by atoms with Gasteiger partial charge in [-0.25, -0.2) is 4.39 Å². The van der Waals surface area contributed by atoms with Crippen molar-refractivity contribution < 1.29 is 23.5 Å². The van der Waals surface area contributed by atoms with E-state index < -0.39 is 11.7 Å². The van der Waals surface area contributed by atoms with Gasteiger partial charge in [0.2, 0.25) is 11.8 Å². The summed E-state index contributed by atoms with van der Waals surface area (Å²) in [5.41, 5.74) is 2.35. The quantitative estimate of drug-likeness (QED) is 0.855. The molecule has 1 N–H and O–H groups in total. The first kappa shape index (κ1) is 19.7. The smallest absolute Gasteiger partial charge is 0.229 e. The Bertz CT molecular complexity index is 929. The molecule has 0 bridgehead atoms. The van der Waals surface area contributed by atoms with E-state index >= 15 is 0 Å². The Balaban J connectivity index is 1.77. The van der Waals surface area contributed by atoms with Crippen LogP contribution in [0.5, 0.6) is 11.5 Å². The summed E-state index contributed by atoms with van der Waals surface area (Å²) in [6.07, 6.45) is 0.0332. The lowest BCUT2D eigenvalue weighted by atomic mass is 10.1. The van der Waals surface area contributed by atoms with Gasteiger partial charge in [-0.1, -0.05) is 6.07 Å². The second kappa shape index (κ2) is 7.88. The van der Waals surface area contributed by atoms with Crippen LogP contribution in [0.25, 0.3) is 0 Å². The molecule has 1 unspecified atom stereocenters. The molecule has 2 aromatic carbocycles. The fourth-order valence-corrected chi connectivity index (χ4v) is 3.30. The van der Waals surface area contributed by atoms with Gasteiger partial charge in [0.1, 0.15) is 5.82 Å². The maximum absolute atomic E-state index is 14.2. The number of rotatable bonds is 5. The number of anilines is 2. The van der Waals surface area contributed by atoms with Crippen molar-refractivity contribution in [3.63, 3.8) is 0 Å². The minimum Gasteiger partial charge on any atom is -0.493 e. The number of carbonyl (C=O) groups excluding carboxylic acids is 2. The molecular weight excluding hydrogens is 363 g/mol. The average Bonchev–Trinajstić information content (AvgIpc) is 3.04. The van der Waals surface area contributed by atoms with Gasteiger partial charge in [-0.2, -0.15) is 0 Å². The van der Waals surface area contributed by atoms with Gasteiger partial charge < -0.3 is 19.7 Å². The monoisotopic (exact) mass is 386 g/mol. The molecule has 0 aliphatic carbocycles. The highest BCUT2D eigenvalue weighted by molar-refractivity contribution is 6.03. The van der Waals surface area contributed by atoms with Crippen molar-refractivity contribution in [2.75, 3.05) is 31.0 Å². The number of benzene rings is 2. The third kappa shape index (κ3) is 3.78. The standard InChI is InChI=1S/C21H23FN2O4/c1-12-5-6-17(15(22)7-12)24-11-14(9-20(24)25)21(26)23-16-10-19(28-4)18(27-3)8-13(16)2/h5-8,10,14H,9,11H2,1-4H3,(H,23,26). The number of halogens is 1. The molecule has 1 saturated heterocycles. The predicted octanol–water partition coefficient (Wildman–Crippen LogP) is 3.45. The second-order valence-electron chi connectivity index (χ2n) is 6.87. The molecule has 1 fully saturated rings. The summed E-state index contributed by atoms with van der Waals surface area (Å²) in [4.78, 5) is 26.4.